The predicted molar refractivity (Wildman–Crippen MR) is 104 cm³/mol. The molecule has 0 radical (unpaired) electrons. The second-order valence-corrected chi connectivity index (χ2v) is 7.47. The lowest BCUT2D eigenvalue weighted by Crippen LogP contribution is -2.27. The number of halogens is 1. The van der Waals surface area contributed by atoms with Crippen molar-refractivity contribution >= 4 is 39.3 Å². The van der Waals surface area contributed by atoms with Crippen molar-refractivity contribution in [1.29, 1.82) is 0 Å². The number of benzene rings is 1. The Morgan fingerprint density at radius 1 is 1.29 bits per heavy atom. The minimum atomic E-state index is -0.278. The molecule has 0 saturated carbocycles. The standard InChI is InChI=1S/C20H17ClN4O3/c1-11-8-13(4-6-27-11)25-18-14-9-12(21)2-3-15(14)22-10-17(18)23-20(25)19(26)16-5-7-28-24-16/h2-3,5,7,9-11,13H,4,6,8H2,1H3/t11-,13?/m1/s1. The van der Waals surface area contributed by atoms with E-state index in [4.69, 9.17) is 20.9 Å². The van der Waals surface area contributed by atoms with Crippen LogP contribution in [0, 0.1) is 0 Å². The summed E-state index contributed by atoms with van der Waals surface area (Å²) in [4.78, 5) is 22.3. The molecule has 0 bridgehead atoms. The molecular weight excluding hydrogens is 380 g/mol. The number of fused-ring (bicyclic) bond motifs is 3. The third-order valence-electron chi connectivity index (χ3n) is 5.17. The van der Waals surface area contributed by atoms with Crippen molar-refractivity contribution in [2.45, 2.75) is 31.9 Å². The molecular formula is C20H17ClN4O3. The number of hydrogen-bond acceptors (Lipinski definition) is 6. The van der Waals surface area contributed by atoms with Gasteiger partial charge in [-0.05, 0) is 38.0 Å². The second-order valence-electron chi connectivity index (χ2n) is 7.03. The molecule has 7 nitrogen and oxygen atoms in total. The van der Waals surface area contributed by atoms with Crippen molar-refractivity contribution in [3.63, 3.8) is 0 Å². The van der Waals surface area contributed by atoms with Gasteiger partial charge in [-0.15, -0.1) is 0 Å². The van der Waals surface area contributed by atoms with Crippen LogP contribution in [0.4, 0.5) is 0 Å². The highest BCUT2D eigenvalue weighted by Gasteiger charge is 2.30. The Balaban J connectivity index is 1.81. The van der Waals surface area contributed by atoms with Crippen LogP contribution in [0.2, 0.25) is 5.02 Å². The van der Waals surface area contributed by atoms with E-state index in [1.165, 1.54) is 6.26 Å². The summed E-state index contributed by atoms with van der Waals surface area (Å²) >= 11 is 6.26. The van der Waals surface area contributed by atoms with Gasteiger partial charge < -0.3 is 13.8 Å². The zero-order chi connectivity index (χ0) is 19.3. The molecule has 4 heterocycles. The number of aromatic nitrogens is 4. The van der Waals surface area contributed by atoms with Crippen LogP contribution in [-0.4, -0.2) is 38.2 Å². The SMILES string of the molecule is C[C@@H]1CC(n2c(C(=O)c3ccon3)nc3cnc4ccc(Cl)cc4c32)CCO1. The first-order chi connectivity index (χ1) is 13.6. The topological polar surface area (TPSA) is 83.0 Å². The Hall–Kier alpha value is -2.77. The maximum absolute atomic E-state index is 13.1. The average Bonchev–Trinajstić information content (AvgIpc) is 3.35. The fourth-order valence-corrected chi connectivity index (χ4v) is 4.09. The summed E-state index contributed by atoms with van der Waals surface area (Å²) in [6, 6.07) is 7.18. The quantitative estimate of drug-likeness (QED) is 0.483. The third-order valence-corrected chi connectivity index (χ3v) is 5.41. The number of carbonyl (C=O) groups is 1. The monoisotopic (exact) mass is 396 g/mol. The summed E-state index contributed by atoms with van der Waals surface area (Å²) in [5, 5.41) is 5.28. The normalized spacial score (nSPS) is 20.1. The van der Waals surface area contributed by atoms with Gasteiger partial charge in [0.05, 0.1) is 23.3 Å². The number of rotatable bonds is 3. The Bertz CT molecular complexity index is 1190. The van der Waals surface area contributed by atoms with Gasteiger partial charge in [0.25, 0.3) is 0 Å². The zero-order valence-electron chi connectivity index (χ0n) is 15.1. The molecule has 28 heavy (non-hydrogen) atoms. The summed E-state index contributed by atoms with van der Waals surface area (Å²) < 4.78 is 12.6. The Labute approximate surface area is 165 Å². The highest BCUT2D eigenvalue weighted by molar-refractivity contribution is 6.31. The molecule has 0 spiro atoms. The van der Waals surface area contributed by atoms with E-state index in [9.17, 15) is 4.79 Å². The molecule has 0 amide bonds. The van der Waals surface area contributed by atoms with Crippen molar-refractivity contribution in [1.82, 2.24) is 19.7 Å². The molecule has 1 aromatic carbocycles. The number of pyridine rings is 1. The summed E-state index contributed by atoms with van der Waals surface area (Å²) in [5.41, 5.74) is 2.55. The first-order valence-corrected chi connectivity index (χ1v) is 9.52. The van der Waals surface area contributed by atoms with E-state index in [1.807, 2.05) is 23.6 Å². The highest BCUT2D eigenvalue weighted by Crippen LogP contribution is 2.34. The molecule has 0 aliphatic carbocycles. The van der Waals surface area contributed by atoms with Crippen molar-refractivity contribution in [2.75, 3.05) is 6.61 Å². The second kappa shape index (κ2) is 6.68. The predicted octanol–water partition coefficient (Wildman–Crippen LogP) is 4.20. The van der Waals surface area contributed by atoms with E-state index in [1.54, 1.807) is 18.3 Å². The van der Waals surface area contributed by atoms with E-state index < -0.39 is 0 Å². The number of imidazole rings is 1. The number of nitrogens with zero attached hydrogens (tertiary/aromatic N) is 4. The molecule has 2 atom stereocenters. The fourth-order valence-electron chi connectivity index (χ4n) is 3.92. The van der Waals surface area contributed by atoms with Crippen LogP contribution in [0.15, 0.2) is 41.2 Å². The van der Waals surface area contributed by atoms with Gasteiger partial charge in [-0.1, -0.05) is 16.8 Å². The molecule has 1 fully saturated rings. The lowest BCUT2D eigenvalue weighted by molar-refractivity contribution is 0.00631. The number of ether oxygens (including phenoxy) is 1. The molecule has 1 unspecified atom stereocenters. The Morgan fingerprint density at radius 3 is 2.96 bits per heavy atom. The Morgan fingerprint density at radius 2 is 2.18 bits per heavy atom. The minimum Gasteiger partial charge on any atom is -0.378 e. The fraction of sp³-hybridized carbons (Fsp3) is 0.300. The molecule has 5 rings (SSSR count). The largest absolute Gasteiger partial charge is 0.378 e. The van der Waals surface area contributed by atoms with Crippen LogP contribution in [0.5, 0.6) is 0 Å². The molecule has 1 aliphatic rings. The number of hydrogen-bond donors (Lipinski definition) is 0. The molecule has 0 N–H and O–H groups in total. The molecule has 1 saturated heterocycles. The number of carbonyl (C=O) groups excluding carboxylic acids is 1. The Kier molecular flexibility index (Phi) is 4.14. The van der Waals surface area contributed by atoms with Gasteiger partial charge in [-0.25, -0.2) is 4.98 Å². The lowest BCUT2D eigenvalue weighted by Gasteiger charge is -2.29. The molecule has 8 heteroatoms. The van der Waals surface area contributed by atoms with E-state index >= 15 is 0 Å². The summed E-state index contributed by atoms with van der Waals surface area (Å²) in [6.07, 6.45) is 4.76. The first kappa shape index (κ1) is 17.3. The average molecular weight is 397 g/mol. The summed E-state index contributed by atoms with van der Waals surface area (Å²) in [5.74, 6) is 0.0524. The van der Waals surface area contributed by atoms with Crippen LogP contribution in [0.3, 0.4) is 0 Å². The number of ketones is 1. The van der Waals surface area contributed by atoms with Crippen LogP contribution >= 0.6 is 11.6 Å². The van der Waals surface area contributed by atoms with E-state index in [0.717, 1.165) is 29.3 Å². The first-order valence-electron chi connectivity index (χ1n) is 9.14. The lowest BCUT2D eigenvalue weighted by atomic mass is 10.0. The van der Waals surface area contributed by atoms with Crippen molar-refractivity contribution in [3.05, 3.63) is 53.3 Å². The van der Waals surface area contributed by atoms with Gasteiger partial charge in [0.1, 0.15) is 11.8 Å². The zero-order valence-corrected chi connectivity index (χ0v) is 15.9. The molecule has 142 valence electrons. The van der Waals surface area contributed by atoms with Gasteiger partial charge >= 0.3 is 0 Å². The molecule has 1 aliphatic heterocycles. The van der Waals surface area contributed by atoms with Crippen LogP contribution in [0.1, 0.15) is 42.1 Å². The van der Waals surface area contributed by atoms with Crippen LogP contribution in [0.25, 0.3) is 21.9 Å². The summed E-state index contributed by atoms with van der Waals surface area (Å²) in [7, 11) is 0. The van der Waals surface area contributed by atoms with Gasteiger partial charge in [0.15, 0.2) is 11.5 Å². The highest BCUT2D eigenvalue weighted by atomic mass is 35.5. The third kappa shape index (κ3) is 2.78. The van der Waals surface area contributed by atoms with E-state index in [-0.39, 0.29) is 23.6 Å². The van der Waals surface area contributed by atoms with E-state index in [0.29, 0.717) is 23.0 Å². The molecule has 4 aromatic rings. The van der Waals surface area contributed by atoms with Crippen LogP contribution < -0.4 is 0 Å². The van der Waals surface area contributed by atoms with Gasteiger partial charge in [0.2, 0.25) is 5.78 Å². The van der Waals surface area contributed by atoms with Gasteiger partial charge in [-0.2, -0.15) is 0 Å². The van der Waals surface area contributed by atoms with Crippen molar-refractivity contribution in [3.8, 4) is 0 Å². The minimum absolute atomic E-state index is 0.0733. The van der Waals surface area contributed by atoms with Crippen molar-refractivity contribution < 1.29 is 14.1 Å². The molecule has 3 aromatic heterocycles. The van der Waals surface area contributed by atoms with E-state index in [2.05, 4.69) is 15.1 Å². The van der Waals surface area contributed by atoms with Crippen LogP contribution in [-0.2, 0) is 4.74 Å². The van der Waals surface area contributed by atoms with Gasteiger partial charge in [0, 0.05) is 29.1 Å². The van der Waals surface area contributed by atoms with Gasteiger partial charge in [-0.3, -0.25) is 9.78 Å². The maximum atomic E-state index is 13.1. The maximum Gasteiger partial charge on any atom is 0.250 e. The smallest absolute Gasteiger partial charge is 0.250 e. The van der Waals surface area contributed by atoms with Crippen molar-refractivity contribution in [2.24, 2.45) is 0 Å². The summed E-state index contributed by atoms with van der Waals surface area (Å²) in [6.45, 7) is 2.67.